The van der Waals surface area contributed by atoms with E-state index in [9.17, 15) is 0 Å². The van der Waals surface area contributed by atoms with E-state index >= 15 is 0 Å². The number of anilines is 1. The van der Waals surface area contributed by atoms with E-state index in [1.54, 1.807) is 0 Å². The van der Waals surface area contributed by atoms with Gasteiger partial charge in [0.05, 0.1) is 6.10 Å². The molecule has 0 saturated heterocycles. The Hall–Kier alpha value is -1.63. The highest BCUT2D eigenvalue weighted by atomic mass is 16.5. The van der Waals surface area contributed by atoms with E-state index in [0.717, 1.165) is 0 Å². The molecule has 0 radical (unpaired) electrons. The number of hydrogen-bond donors (Lipinski definition) is 1. The molecule has 1 rings (SSSR count). The Morgan fingerprint density at radius 1 is 1.16 bits per heavy atom. The molecule has 0 aliphatic carbocycles. The predicted molar refractivity (Wildman–Crippen MR) is 73.3 cm³/mol. The maximum absolute atomic E-state index is 5.60. The summed E-state index contributed by atoms with van der Waals surface area (Å²) < 4.78 is 11.0. The van der Waals surface area contributed by atoms with Crippen molar-refractivity contribution in [1.29, 1.82) is 0 Å². The van der Waals surface area contributed by atoms with E-state index < -0.39 is 0 Å². The summed E-state index contributed by atoms with van der Waals surface area (Å²) in [6, 6.07) is 0.359. The highest BCUT2D eigenvalue weighted by Crippen LogP contribution is 2.15. The van der Waals surface area contributed by atoms with E-state index in [-0.39, 0.29) is 29.6 Å². The molecule has 0 aliphatic heterocycles. The Kier molecular flexibility index (Phi) is 4.88. The van der Waals surface area contributed by atoms with Crippen molar-refractivity contribution >= 4 is 5.95 Å². The standard InChI is InChI=1S/C12H23N5O2/c1-8(2)19-11-15-9(13)14-10(16-11)18-7-12(3,4)17(5)6/h8H,7H2,1-6H3,(H2,13,14,15,16). The number of nitrogens with zero attached hydrogens (tertiary/aromatic N) is 4. The Morgan fingerprint density at radius 3 is 2.26 bits per heavy atom. The molecule has 1 heterocycles. The van der Waals surface area contributed by atoms with Gasteiger partial charge in [0.2, 0.25) is 5.95 Å². The lowest BCUT2D eigenvalue weighted by Gasteiger charge is -2.31. The quantitative estimate of drug-likeness (QED) is 0.823. The minimum absolute atomic E-state index is 0.0344. The van der Waals surface area contributed by atoms with Gasteiger partial charge in [-0.2, -0.15) is 9.97 Å². The van der Waals surface area contributed by atoms with Crippen LogP contribution in [0.2, 0.25) is 0 Å². The molecule has 0 aliphatic rings. The first-order chi connectivity index (χ1) is 8.70. The molecule has 0 saturated carbocycles. The highest BCUT2D eigenvalue weighted by molar-refractivity contribution is 5.20. The van der Waals surface area contributed by atoms with Gasteiger partial charge in [0, 0.05) is 5.54 Å². The molecule has 0 fully saturated rings. The topological polar surface area (TPSA) is 86.4 Å². The van der Waals surface area contributed by atoms with Crippen molar-refractivity contribution in [1.82, 2.24) is 19.9 Å². The fourth-order valence-electron chi connectivity index (χ4n) is 1.05. The zero-order chi connectivity index (χ0) is 14.6. The van der Waals surface area contributed by atoms with Crippen LogP contribution in [0.5, 0.6) is 12.0 Å². The fraction of sp³-hybridized carbons (Fsp3) is 0.750. The average molecular weight is 269 g/mol. The molecular formula is C12H23N5O2. The average Bonchev–Trinajstić information content (AvgIpc) is 2.24. The fourth-order valence-corrected chi connectivity index (χ4v) is 1.05. The van der Waals surface area contributed by atoms with Crippen LogP contribution in [0.3, 0.4) is 0 Å². The summed E-state index contributed by atoms with van der Waals surface area (Å²) in [5.74, 6) is 0.0864. The number of nitrogen functional groups attached to an aromatic ring is 1. The summed E-state index contributed by atoms with van der Waals surface area (Å²) in [4.78, 5) is 14.0. The molecule has 0 amide bonds. The van der Waals surface area contributed by atoms with Crippen molar-refractivity contribution in [2.45, 2.75) is 39.3 Å². The summed E-state index contributed by atoms with van der Waals surface area (Å²) in [6.45, 7) is 8.32. The normalized spacial score (nSPS) is 12.0. The van der Waals surface area contributed by atoms with E-state index in [2.05, 4.69) is 33.7 Å². The summed E-state index contributed by atoms with van der Waals surface area (Å²) in [6.07, 6.45) is -0.0344. The number of nitrogens with two attached hydrogens (primary N) is 1. The lowest BCUT2D eigenvalue weighted by molar-refractivity contribution is 0.106. The second kappa shape index (κ2) is 6.01. The van der Waals surface area contributed by atoms with E-state index in [1.807, 2.05) is 27.9 Å². The lowest BCUT2D eigenvalue weighted by Crippen LogP contribution is -2.43. The van der Waals surface area contributed by atoms with Crippen molar-refractivity contribution in [2.75, 3.05) is 26.4 Å². The van der Waals surface area contributed by atoms with Crippen LogP contribution in [-0.2, 0) is 0 Å². The highest BCUT2D eigenvalue weighted by Gasteiger charge is 2.22. The van der Waals surface area contributed by atoms with Crippen molar-refractivity contribution < 1.29 is 9.47 Å². The maximum atomic E-state index is 5.60. The molecule has 2 N–H and O–H groups in total. The summed E-state index contributed by atoms with van der Waals surface area (Å²) in [5.41, 5.74) is 5.46. The Bertz CT molecular complexity index is 421. The van der Waals surface area contributed by atoms with Crippen LogP contribution in [0.1, 0.15) is 27.7 Å². The zero-order valence-electron chi connectivity index (χ0n) is 12.5. The first-order valence-corrected chi connectivity index (χ1v) is 6.19. The van der Waals surface area contributed by atoms with Crippen LogP contribution in [0, 0.1) is 0 Å². The summed E-state index contributed by atoms with van der Waals surface area (Å²) in [5, 5.41) is 0. The number of hydrogen-bond acceptors (Lipinski definition) is 7. The molecule has 0 spiro atoms. The van der Waals surface area contributed by atoms with Crippen LogP contribution in [-0.4, -0.2) is 52.2 Å². The van der Waals surface area contributed by atoms with Gasteiger partial charge >= 0.3 is 12.0 Å². The molecule has 0 atom stereocenters. The Morgan fingerprint density at radius 2 is 1.74 bits per heavy atom. The molecule has 0 unspecified atom stereocenters. The third kappa shape index (κ3) is 4.86. The van der Waals surface area contributed by atoms with Gasteiger partial charge in [0.1, 0.15) is 6.61 Å². The van der Waals surface area contributed by atoms with Gasteiger partial charge < -0.3 is 20.1 Å². The second-order valence-corrected chi connectivity index (χ2v) is 5.42. The minimum Gasteiger partial charge on any atom is -0.461 e. The molecule has 0 bridgehead atoms. The van der Waals surface area contributed by atoms with Crippen LogP contribution >= 0.6 is 0 Å². The Labute approximate surface area is 114 Å². The third-order valence-corrected chi connectivity index (χ3v) is 2.72. The zero-order valence-corrected chi connectivity index (χ0v) is 12.5. The summed E-state index contributed by atoms with van der Waals surface area (Å²) in [7, 11) is 3.97. The Balaban J connectivity index is 2.76. The number of rotatable bonds is 6. The molecular weight excluding hydrogens is 246 g/mol. The molecule has 19 heavy (non-hydrogen) atoms. The van der Waals surface area contributed by atoms with Crippen molar-refractivity contribution in [2.24, 2.45) is 0 Å². The van der Waals surface area contributed by atoms with Gasteiger partial charge in [0.25, 0.3) is 0 Å². The van der Waals surface area contributed by atoms with Gasteiger partial charge in [-0.3, -0.25) is 0 Å². The van der Waals surface area contributed by atoms with E-state index in [0.29, 0.717) is 6.61 Å². The van der Waals surface area contributed by atoms with Crippen LogP contribution < -0.4 is 15.2 Å². The van der Waals surface area contributed by atoms with Crippen molar-refractivity contribution in [3.8, 4) is 12.0 Å². The van der Waals surface area contributed by atoms with Gasteiger partial charge in [-0.05, 0) is 41.8 Å². The predicted octanol–water partition coefficient (Wildman–Crippen LogP) is 0.960. The maximum Gasteiger partial charge on any atom is 0.324 e. The summed E-state index contributed by atoms with van der Waals surface area (Å²) >= 11 is 0. The van der Waals surface area contributed by atoms with Gasteiger partial charge in [-0.15, -0.1) is 4.98 Å². The molecule has 7 heteroatoms. The monoisotopic (exact) mass is 269 g/mol. The van der Waals surface area contributed by atoms with Crippen LogP contribution in [0.15, 0.2) is 0 Å². The SMILES string of the molecule is CC(C)Oc1nc(N)nc(OCC(C)(C)N(C)C)n1. The first kappa shape index (κ1) is 15.4. The van der Waals surface area contributed by atoms with Crippen LogP contribution in [0.25, 0.3) is 0 Å². The number of ether oxygens (including phenoxy) is 2. The van der Waals surface area contributed by atoms with E-state index in [1.165, 1.54) is 0 Å². The van der Waals surface area contributed by atoms with Crippen LogP contribution in [0.4, 0.5) is 5.95 Å². The second-order valence-electron chi connectivity index (χ2n) is 5.42. The number of aromatic nitrogens is 3. The largest absolute Gasteiger partial charge is 0.461 e. The smallest absolute Gasteiger partial charge is 0.324 e. The first-order valence-electron chi connectivity index (χ1n) is 6.19. The van der Waals surface area contributed by atoms with Crippen molar-refractivity contribution in [3.05, 3.63) is 0 Å². The minimum atomic E-state index is -0.138. The molecule has 1 aromatic rings. The van der Waals surface area contributed by atoms with Crippen molar-refractivity contribution in [3.63, 3.8) is 0 Å². The van der Waals surface area contributed by atoms with Gasteiger partial charge in [-0.1, -0.05) is 0 Å². The van der Waals surface area contributed by atoms with Gasteiger partial charge in [0.15, 0.2) is 0 Å². The van der Waals surface area contributed by atoms with Gasteiger partial charge in [-0.25, -0.2) is 0 Å². The van der Waals surface area contributed by atoms with E-state index in [4.69, 9.17) is 15.2 Å². The molecule has 7 nitrogen and oxygen atoms in total. The number of likely N-dealkylation sites (N-methyl/N-ethyl adjacent to an activating group) is 1. The lowest BCUT2D eigenvalue weighted by atomic mass is 10.1. The molecule has 108 valence electrons. The molecule has 1 aromatic heterocycles. The third-order valence-electron chi connectivity index (χ3n) is 2.72. The molecule has 0 aromatic carbocycles.